The number of Topliss-reactive ketones (excluding diaryl/α,β-unsaturated/α-hetero) is 1. The number of aryl methyl sites for hydroxylation is 2. The molecule has 1 atom stereocenters. The number of ketones is 1. The SMILES string of the molecule is Cc1ccc(C(=O)C2CCCN2S(=O)(=O)Cc2ccccc2)cc1C. The number of benzene rings is 2. The molecule has 0 bridgehead atoms. The second kappa shape index (κ2) is 7.10. The molecule has 1 heterocycles. The first-order valence-electron chi connectivity index (χ1n) is 8.53. The predicted molar refractivity (Wildman–Crippen MR) is 99.0 cm³/mol. The van der Waals surface area contributed by atoms with Gasteiger partial charge in [0.1, 0.15) is 0 Å². The van der Waals surface area contributed by atoms with E-state index < -0.39 is 16.1 Å². The predicted octanol–water partition coefficient (Wildman–Crippen LogP) is 3.48. The largest absolute Gasteiger partial charge is 0.292 e. The van der Waals surface area contributed by atoms with Crippen LogP contribution in [0.5, 0.6) is 0 Å². The molecular weight excluding hydrogens is 334 g/mol. The lowest BCUT2D eigenvalue weighted by atomic mass is 9.99. The van der Waals surface area contributed by atoms with Crippen molar-refractivity contribution >= 4 is 15.8 Å². The molecule has 0 radical (unpaired) electrons. The summed E-state index contributed by atoms with van der Waals surface area (Å²) in [7, 11) is -3.52. The molecule has 0 N–H and O–H groups in total. The number of carbonyl (C=O) groups excluding carboxylic acids is 1. The number of nitrogens with zero attached hydrogens (tertiary/aromatic N) is 1. The van der Waals surface area contributed by atoms with Crippen molar-refractivity contribution in [2.75, 3.05) is 6.54 Å². The van der Waals surface area contributed by atoms with Crippen molar-refractivity contribution in [2.24, 2.45) is 0 Å². The van der Waals surface area contributed by atoms with Crippen LogP contribution >= 0.6 is 0 Å². The van der Waals surface area contributed by atoms with Crippen molar-refractivity contribution in [1.82, 2.24) is 4.31 Å². The molecule has 0 aliphatic carbocycles. The van der Waals surface area contributed by atoms with Gasteiger partial charge in [-0.2, -0.15) is 4.31 Å². The van der Waals surface area contributed by atoms with Crippen molar-refractivity contribution in [2.45, 2.75) is 38.5 Å². The van der Waals surface area contributed by atoms with E-state index in [9.17, 15) is 13.2 Å². The van der Waals surface area contributed by atoms with Gasteiger partial charge in [0, 0.05) is 12.1 Å². The van der Waals surface area contributed by atoms with Crippen LogP contribution in [0.25, 0.3) is 0 Å². The molecule has 2 aromatic rings. The first-order chi connectivity index (χ1) is 11.9. The van der Waals surface area contributed by atoms with Crippen LogP contribution in [0, 0.1) is 13.8 Å². The number of rotatable bonds is 5. The van der Waals surface area contributed by atoms with Gasteiger partial charge in [-0.15, -0.1) is 0 Å². The molecule has 132 valence electrons. The van der Waals surface area contributed by atoms with E-state index in [1.165, 1.54) is 4.31 Å². The molecule has 1 aliphatic rings. The summed E-state index contributed by atoms with van der Waals surface area (Å²) in [6.45, 7) is 4.37. The van der Waals surface area contributed by atoms with Crippen LogP contribution < -0.4 is 0 Å². The number of hydrogen-bond acceptors (Lipinski definition) is 3. The lowest BCUT2D eigenvalue weighted by Crippen LogP contribution is -2.41. The fourth-order valence-corrected chi connectivity index (χ4v) is 5.07. The van der Waals surface area contributed by atoms with Crippen molar-refractivity contribution in [3.8, 4) is 0 Å². The van der Waals surface area contributed by atoms with Crippen LogP contribution in [0.15, 0.2) is 48.5 Å². The van der Waals surface area contributed by atoms with Crippen LogP contribution in [0.2, 0.25) is 0 Å². The Morgan fingerprint density at radius 3 is 2.48 bits per heavy atom. The van der Waals surface area contributed by atoms with E-state index in [1.807, 2.05) is 44.2 Å². The highest BCUT2D eigenvalue weighted by molar-refractivity contribution is 7.88. The van der Waals surface area contributed by atoms with Crippen molar-refractivity contribution in [3.05, 3.63) is 70.8 Å². The average Bonchev–Trinajstić information content (AvgIpc) is 3.08. The average molecular weight is 357 g/mol. The third-order valence-electron chi connectivity index (χ3n) is 4.85. The summed E-state index contributed by atoms with van der Waals surface area (Å²) in [5.41, 5.74) is 3.50. The summed E-state index contributed by atoms with van der Waals surface area (Å²) in [5.74, 6) is -0.165. The van der Waals surface area contributed by atoms with Gasteiger partial charge in [0.05, 0.1) is 11.8 Å². The quantitative estimate of drug-likeness (QED) is 0.770. The van der Waals surface area contributed by atoms with Gasteiger partial charge in [-0.25, -0.2) is 8.42 Å². The molecule has 1 aliphatic heterocycles. The second-order valence-electron chi connectivity index (χ2n) is 6.67. The Morgan fingerprint density at radius 1 is 1.08 bits per heavy atom. The highest BCUT2D eigenvalue weighted by Crippen LogP contribution is 2.27. The highest BCUT2D eigenvalue weighted by atomic mass is 32.2. The van der Waals surface area contributed by atoms with E-state index in [2.05, 4.69) is 0 Å². The third-order valence-corrected chi connectivity index (χ3v) is 6.70. The Morgan fingerprint density at radius 2 is 1.80 bits per heavy atom. The van der Waals surface area contributed by atoms with Crippen molar-refractivity contribution < 1.29 is 13.2 Å². The first kappa shape index (κ1) is 17.8. The molecule has 1 saturated heterocycles. The second-order valence-corrected chi connectivity index (χ2v) is 8.60. The lowest BCUT2D eigenvalue weighted by Gasteiger charge is -2.23. The van der Waals surface area contributed by atoms with Gasteiger partial charge in [0.25, 0.3) is 0 Å². The summed E-state index contributed by atoms with van der Waals surface area (Å²) in [5, 5.41) is 0. The highest BCUT2D eigenvalue weighted by Gasteiger charge is 2.38. The monoisotopic (exact) mass is 357 g/mol. The zero-order chi connectivity index (χ0) is 18.0. The van der Waals surface area contributed by atoms with E-state index in [1.54, 1.807) is 18.2 Å². The van der Waals surface area contributed by atoms with Gasteiger partial charge in [-0.3, -0.25) is 4.79 Å². The lowest BCUT2D eigenvalue weighted by molar-refractivity contribution is 0.0918. The van der Waals surface area contributed by atoms with E-state index in [0.29, 0.717) is 18.5 Å². The topological polar surface area (TPSA) is 54.5 Å². The van der Waals surface area contributed by atoms with Gasteiger partial charge >= 0.3 is 0 Å². The van der Waals surface area contributed by atoms with Crippen LogP contribution in [-0.2, 0) is 15.8 Å². The minimum atomic E-state index is -3.52. The molecule has 25 heavy (non-hydrogen) atoms. The Labute approximate surface area is 149 Å². The standard InChI is InChI=1S/C20H23NO3S/c1-15-10-11-18(13-16(15)2)20(22)19-9-6-12-21(19)25(23,24)14-17-7-4-3-5-8-17/h3-5,7-8,10-11,13,19H,6,9,12,14H2,1-2H3. The number of sulfonamides is 1. The maximum Gasteiger partial charge on any atom is 0.218 e. The molecule has 5 heteroatoms. The summed E-state index contributed by atoms with van der Waals surface area (Å²) in [6.07, 6.45) is 1.30. The Kier molecular flexibility index (Phi) is 5.06. The fraction of sp³-hybridized carbons (Fsp3) is 0.350. The molecule has 4 nitrogen and oxygen atoms in total. The fourth-order valence-electron chi connectivity index (χ4n) is 3.29. The van der Waals surface area contributed by atoms with Gasteiger partial charge in [-0.1, -0.05) is 42.5 Å². The Bertz CT molecular complexity index is 875. The molecule has 1 unspecified atom stereocenters. The zero-order valence-corrected chi connectivity index (χ0v) is 15.4. The summed E-state index contributed by atoms with van der Waals surface area (Å²) >= 11 is 0. The smallest absolute Gasteiger partial charge is 0.218 e. The van der Waals surface area contributed by atoms with E-state index in [4.69, 9.17) is 0 Å². The van der Waals surface area contributed by atoms with E-state index in [0.717, 1.165) is 23.1 Å². The molecule has 0 aromatic heterocycles. The Hall–Kier alpha value is -1.98. The number of carbonyl (C=O) groups is 1. The zero-order valence-electron chi connectivity index (χ0n) is 14.6. The van der Waals surface area contributed by atoms with Crippen LogP contribution in [0.3, 0.4) is 0 Å². The van der Waals surface area contributed by atoms with Crippen LogP contribution in [0.1, 0.15) is 39.9 Å². The van der Waals surface area contributed by atoms with Crippen LogP contribution in [0.4, 0.5) is 0 Å². The summed E-state index contributed by atoms with van der Waals surface area (Å²) < 4.78 is 27.1. The van der Waals surface area contributed by atoms with Crippen molar-refractivity contribution in [3.63, 3.8) is 0 Å². The van der Waals surface area contributed by atoms with Gasteiger partial charge in [0.15, 0.2) is 5.78 Å². The molecular formula is C20H23NO3S. The minimum Gasteiger partial charge on any atom is -0.292 e. The molecule has 0 spiro atoms. The molecule has 2 aromatic carbocycles. The summed E-state index contributed by atoms with van der Waals surface area (Å²) in [6, 6.07) is 14.1. The van der Waals surface area contributed by atoms with E-state index >= 15 is 0 Å². The maximum atomic E-state index is 12.9. The first-order valence-corrected chi connectivity index (χ1v) is 10.1. The van der Waals surface area contributed by atoms with Gasteiger partial charge < -0.3 is 0 Å². The minimum absolute atomic E-state index is 0.0649. The van der Waals surface area contributed by atoms with Crippen LogP contribution in [-0.4, -0.2) is 31.1 Å². The summed E-state index contributed by atoms with van der Waals surface area (Å²) in [4.78, 5) is 12.9. The number of hydrogen-bond donors (Lipinski definition) is 0. The van der Waals surface area contributed by atoms with E-state index in [-0.39, 0.29) is 11.5 Å². The molecule has 0 amide bonds. The maximum absolute atomic E-state index is 12.9. The molecule has 0 saturated carbocycles. The Balaban J connectivity index is 1.84. The van der Waals surface area contributed by atoms with Gasteiger partial charge in [0.2, 0.25) is 10.0 Å². The molecule has 1 fully saturated rings. The van der Waals surface area contributed by atoms with Crippen molar-refractivity contribution in [1.29, 1.82) is 0 Å². The molecule has 3 rings (SSSR count). The van der Waals surface area contributed by atoms with Gasteiger partial charge in [-0.05, 0) is 49.4 Å². The normalized spacial score (nSPS) is 18.4. The third kappa shape index (κ3) is 3.83.